The van der Waals surface area contributed by atoms with Crippen molar-refractivity contribution in [3.05, 3.63) is 29.3 Å². The Balaban J connectivity index is 1.28. The van der Waals surface area contributed by atoms with Crippen LogP contribution >= 0.6 is 12.2 Å². The monoisotopic (exact) mass is 536 g/mol. The first-order chi connectivity index (χ1) is 17.4. The molecule has 202 valence electrons. The van der Waals surface area contributed by atoms with E-state index in [1.165, 1.54) is 18.9 Å². The van der Waals surface area contributed by atoms with E-state index >= 15 is 0 Å². The predicted octanol–water partition coefficient (Wildman–Crippen LogP) is 5.23. The fourth-order valence-corrected chi connectivity index (χ4v) is 6.65. The van der Waals surface area contributed by atoms with Gasteiger partial charge in [0.1, 0.15) is 5.54 Å². The number of carbonyl (C=O) groups is 1. The number of aliphatic hydroxyl groups is 1. The van der Waals surface area contributed by atoms with Crippen molar-refractivity contribution >= 4 is 28.9 Å². The number of hydrogen-bond donors (Lipinski definition) is 1. The molecule has 0 saturated carbocycles. The van der Waals surface area contributed by atoms with Gasteiger partial charge in [0.05, 0.1) is 29.0 Å². The van der Waals surface area contributed by atoms with Crippen molar-refractivity contribution in [2.75, 3.05) is 18.0 Å². The number of thiocarbonyl (C=S) groups is 1. The third-order valence-corrected chi connectivity index (χ3v) is 8.57. The lowest BCUT2D eigenvalue weighted by atomic mass is 9.99. The normalized spacial score (nSPS) is 25.7. The van der Waals surface area contributed by atoms with Gasteiger partial charge in [0.2, 0.25) is 0 Å². The number of benzene rings is 1. The zero-order valence-corrected chi connectivity index (χ0v) is 22.2. The van der Waals surface area contributed by atoms with Crippen molar-refractivity contribution in [1.82, 2.24) is 9.80 Å². The van der Waals surface area contributed by atoms with Crippen molar-refractivity contribution in [2.24, 2.45) is 0 Å². The van der Waals surface area contributed by atoms with Crippen LogP contribution in [0.25, 0.3) is 0 Å². The minimum absolute atomic E-state index is 0.0242. The average molecular weight is 537 g/mol. The Morgan fingerprint density at radius 3 is 2.27 bits per heavy atom. The first-order valence-electron chi connectivity index (χ1n) is 13.2. The number of fused-ring (bicyclic) bond motifs is 2. The number of nitrogens with zero attached hydrogens (tertiary/aromatic N) is 4. The van der Waals surface area contributed by atoms with E-state index in [4.69, 9.17) is 17.5 Å². The summed E-state index contributed by atoms with van der Waals surface area (Å²) in [4.78, 5) is 18.7. The van der Waals surface area contributed by atoms with Crippen LogP contribution in [-0.4, -0.2) is 62.7 Å². The molecule has 2 bridgehead atoms. The predicted molar refractivity (Wildman–Crippen MR) is 139 cm³/mol. The van der Waals surface area contributed by atoms with Gasteiger partial charge in [0.25, 0.3) is 5.91 Å². The largest absolute Gasteiger partial charge is 0.417 e. The summed E-state index contributed by atoms with van der Waals surface area (Å²) < 4.78 is 40.4. The number of piperidine rings is 1. The van der Waals surface area contributed by atoms with E-state index in [0.717, 1.165) is 68.5 Å². The topological polar surface area (TPSA) is 70.8 Å². The van der Waals surface area contributed by atoms with Gasteiger partial charge in [-0.2, -0.15) is 18.4 Å². The Hall–Kier alpha value is -2.22. The van der Waals surface area contributed by atoms with E-state index in [-0.39, 0.29) is 22.8 Å². The first-order valence-corrected chi connectivity index (χ1v) is 13.6. The highest BCUT2D eigenvalue weighted by atomic mass is 32.1. The molecule has 1 N–H and O–H groups in total. The number of halogens is 3. The number of hydrogen-bond acceptors (Lipinski definition) is 5. The van der Waals surface area contributed by atoms with Crippen molar-refractivity contribution in [2.45, 2.75) is 102 Å². The first kappa shape index (κ1) is 27.8. The standard InChI is InChI=1S/C27H35F3N4O2S/c1-26(2)24(36)34(21-9-8-18(17-31)23(16-21)27(28,29)30)25(37)33(26)13-7-5-3-4-6-12-32-19-10-11-20(32)15-22(35)14-19/h8-9,16,19-20,22,35H,3-7,10-15H2,1-2H3. The second-order valence-electron chi connectivity index (χ2n) is 11.0. The summed E-state index contributed by atoms with van der Waals surface area (Å²) in [5, 5.41) is 19.2. The molecule has 6 nitrogen and oxygen atoms in total. The zero-order chi connectivity index (χ0) is 27.0. The molecule has 3 heterocycles. The number of rotatable bonds is 9. The van der Waals surface area contributed by atoms with Gasteiger partial charge in [-0.05, 0) is 89.3 Å². The number of amides is 1. The summed E-state index contributed by atoms with van der Waals surface area (Å²) in [6, 6.07) is 5.90. The Morgan fingerprint density at radius 2 is 1.68 bits per heavy atom. The van der Waals surface area contributed by atoms with Crippen LogP contribution < -0.4 is 4.90 Å². The molecule has 1 aromatic carbocycles. The molecular weight excluding hydrogens is 501 g/mol. The van der Waals surface area contributed by atoms with Gasteiger partial charge < -0.3 is 10.0 Å². The van der Waals surface area contributed by atoms with Crippen LogP contribution in [0.5, 0.6) is 0 Å². The van der Waals surface area contributed by atoms with Gasteiger partial charge in [-0.15, -0.1) is 0 Å². The SMILES string of the molecule is CC1(C)C(=O)N(c2ccc(C#N)c(C(F)(F)F)c2)C(=S)N1CCCCCCCN1C2CCC1CC(O)C2. The maximum absolute atomic E-state index is 13.5. The van der Waals surface area contributed by atoms with E-state index in [9.17, 15) is 23.1 Å². The highest BCUT2D eigenvalue weighted by Gasteiger charge is 2.49. The van der Waals surface area contributed by atoms with E-state index < -0.39 is 22.8 Å². The molecular formula is C27H35F3N4O2S. The molecule has 37 heavy (non-hydrogen) atoms. The maximum atomic E-state index is 13.5. The number of anilines is 1. The molecule has 0 aliphatic carbocycles. The minimum Gasteiger partial charge on any atom is -0.393 e. The number of alkyl halides is 3. The fourth-order valence-electron chi connectivity index (χ4n) is 6.15. The van der Waals surface area contributed by atoms with Crippen LogP contribution in [0.2, 0.25) is 0 Å². The summed E-state index contributed by atoms with van der Waals surface area (Å²) in [6.45, 7) is 5.10. The second-order valence-corrected chi connectivity index (χ2v) is 11.4. The molecule has 3 aliphatic heterocycles. The summed E-state index contributed by atoms with van der Waals surface area (Å²) in [5.74, 6) is -0.378. The van der Waals surface area contributed by atoms with Gasteiger partial charge in [-0.25, -0.2) is 0 Å². The lowest BCUT2D eigenvalue weighted by Gasteiger charge is -2.37. The van der Waals surface area contributed by atoms with Crippen LogP contribution in [0.15, 0.2) is 18.2 Å². The Kier molecular flexibility index (Phi) is 8.17. The molecule has 4 rings (SSSR count). The van der Waals surface area contributed by atoms with Crippen LogP contribution in [0.1, 0.15) is 82.8 Å². The number of carbonyl (C=O) groups excluding carboxylic acids is 1. The molecule has 1 amide bonds. The van der Waals surface area contributed by atoms with Gasteiger partial charge in [0.15, 0.2) is 5.11 Å². The highest BCUT2D eigenvalue weighted by Crippen LogP contribution is 2.38. The summed E-state index contributed by atoms with van der Waals surface area (Å²) in [6.07, 6.45) is 4.45. The molecule has 2 atom stereocenters. The number of unbranched alkanes of at least 4 members (excludes halogenated alkanes) is 4. The fraction of sp³-hybridized carbons (Fsp3) is 0.667. The van der Waals surface area contributed by atoms with Crippen LogP contribution in [0, 0.1) is 11.3 Å². The van der Waals surface area contributed by atoms with Crippen molar-refractivity contribution in [3.8, 4) is 6.07 Å². The van der Waals surface area contributed by atoms with Crippen molar-refractivity contribution in [3.63, 3.8) is 0 Å². The third-order valence-electron chi connectivity index (χ3n) is 8.17. The molecule has 3 aliphatic rings. The summed E-state index contributed by atoms with van der Waals surface area (Å²) in [7, 11) is 0. The van der Waals surface area contributed by atoms with E-state index in [2.05, 4.69) is 4.90 Å². The Labute approximate surface area is 222 Å². The Morgan fingerprint density at radius 1 is 1.08 bits per heavy atom. The molecule has 0 radical (unpaired) electrons. The molecule has 3 fully saturated rings. The van der Waals surface area contributed by atoms with Crippen molar-refractivity contribution < 1.29 is 23.1 Å². The second kappa shape index (κ2) is 10.9. The van der Waals surface area contributed by atoms with Crippen LogP contribution in [0.4, 0.5) is 18.9 Å². The van der Waals surface area contributed by atoms with Crippen molar-refractivity contribution in [1.29, 1.82) is 5.26 Å². The maximum Gasteiger partial charge on any atom is 0.417 e. The molecule has 1 aromatic rings. The summed E-state index contributed by atoms with van der Waals surface area (Å²) >= 11 is 5.56. The van der Waals surface area contributed by atoms with E-state index in [1.54, 1.807) is 24.8 Å². The Bertz CT molecular complexity index is 1060. The number of nitriles is 1. The smallest absolute Gasteiger partial charge is 0.393 e. The van der Waals surface area contributed by atoms with Gasteiger partial charge in [0, 0.05) is 18.6 Å². The quantitative estimate of drug-likeness (QED) is 0.344. The number of aliphatic hydroxyl groups excluding tert-OH is 1. The average Bonchev–Trinajstić information content (AvgIpc) is 3.17. The molecule has 3 saturated heterocycles. The highest BCUT2D eigenvalue weighted by molar-refractivity contribution is 7.80. The van der Waals surface area contributed by atoms with Gasteiger partial charge >= 0.3 is 6.18 Å². The molecule has 2 unspecified atom stereocenters. The lowest BCUT2D eigenvalue weighted by molar-refractivity contribution is -0.137. The lowest BCUT2D eigenvalue weighted by Crippen LogP contribution is -2.45. The summed E-state index contributed by atoms with van der Waals surface area (Å²) in [5.41, 5.74) is -2.51. The van der Waals surface area contributed by atoms with E-state index in [1.807, 2.05) is 0 Å². The molecule has 10 heteroatoms. The zero-order valence-electron chi connectivity index (χ0n) is 21.4. The molecule has 0 spiro atoms. The third kappa shape index (κ3) is 5.64. The van der Waals surface area contributed by atoms with Crippen LogP contribution in [-0.2, 0) is 11.0 Å². The minimum atomic E-state index is -4.71. The van der Waals surface area contributed by atoms with Crippen LogP contribution in [0.3, 0.4) is 0 Å². The van der Waals surface area contributed by atoms with E-state index in [0.29, 0.717) is 18.6 Å². The van der Waals surface area contributed by atoms with Gasteiger partial charge in [-0.1, -0.05) is 19.3 Å². The van der Waals surface area contributed by atoms with Gasteiger partial charge in [-0.3, -0.25) is 14.6 Å². The molecule has 0 aromatic heterocycles.